The number of carbonyl (C=O) groups is 2. The van der Waals surface area contributed by atoms with Gasteiger partial charge in [0.2, 0.25) is 0 Å². The number of aryl methyl sites for hydroxylation is 1. The van der Waals surface area contributed by atoms with Crippen molar-refractivity contribution in [1.29, 1.82) is 0 Å². The summed E-state index contributed by atoms with van der Waals surface area (Å²) in [5.41, 5.74) is 2.19. The molecule has 3 amide bonds. The fourth-order valence-corrected chi connectivity index (χ4v) is 3.96. The lowest BCUT2D eigenvalue weighted by molar-refractivity contribution is 0.101. The maximum atomic E-state index is 12.5. The lowest BCUT2D eigenvalue weighted by Crippen LogP contribution is -2.42. The van der Waals surface area contributed by atoms with Crippen LogP contribution in [0.15, 0.2) is 40.9 Å². The highest BCUT2D eigenvalue weighted by Gasteiger charge is 2.25. The summed E-state index contributed by atoms with van der Waals surface area (Å²) >= 11 is 1.38. The fourth-order valence-electron chi connectivity index (χ4n) is 2.94. The molecule has 2 N–H and O–H groups in total. The SMILES string of the molecule is Cc1cc(C(=O)Nc2nc3c(s2)CN(C(=O)NCc2ccccc2)CC3)no1. The number of fused-ring (bicyclic) bond motifs is 1. The summed E-state index contributed by atoms with van der Waals surface area (Å²) in [5, 5.41) is 9.90. The Bertz CT molecular complexity index is 998. The first-order chi connectivity index (χ1) is 13.6. The molecule has 9 heteroatoms. The van der Waals surface area contributed by atoms with Crippen molar-refractivity contribution in [2.75, 3.05) is 11.9 Å². The number of urea groups is 1. The fraction of sp³-hybridized carbons (Fsp3) is 0.263. The van der Waals surface area contributed by atoms with Crippen molar-refractivity contribution >= 4 is 28.4 Å². The van der Waals surface area contributed by atoms with Crippen molar-refractivity contribution in [3.63, 3.8) is 0 Å². The van der Waals surface area contributed by atoms with E-state index < -0.39 is 0 Å². The molecule has 144 valence electrons. The molecule has 0 unspecified atom stereocenters. The molecular formula is C19H19N5O3S. The third-order valence-corrected chi connectivity index (χ3v) is 5.38. The highest BCUT2D eigenvalue weighted by Crippen LogP contribution is 2.28. The quantitative estimate of drug-likeness (QED) is 0.705. The van der Waals surface area contributed by atoms with Gasteiger partial charge in [-0.1, -0.05) is 46.8 Å². The normalized spacial score (nSPS) is 13.1. The zero-order valence-electron chi connectivity index (χ0n) is 15.3. The summed E-state index contributed by atoms with van der Waals surface area (Å²) in [7, 11) is 0. The Kier molecular flexibility index (Phi) is 5.07. The molecule has 1 aliphatic heterocycles. The predicted octanol–water partition coefficient (Wildman–Crippen LogP) is 2.96. The maximum Gasteiger partial charge on any atom is 0.318 e. The van der Waals surface area contributed by atoms with Crippen molar-refractivity contribution < 1.29 is 14.1 Å². The predicted molar refractivity (Wildman–Crippen MR) is 104 cm³/mol. The summed E-state index contributed by atoms with van der Waals surface area (Å²) in [4.78, 5) is 31.9. The third-order valence-electron chi connectivity index (χ3n) is 4.39. The number of rotatable bonds is 4. The van der Waals surface area contributed by atoms with E-state index in [9.17, 15) is 9.59 Å². The van der Waals surface area contributed by atoms with Crippen molar-refractivity contribution in [1.82, 2.24) is 20.4 Å². The first-order valence-corrected chi connectivity index (χ1v) is 9.70. The van der Waals surface area contributed by atoms with Crippen LogP contribution in [0.4, 0.5) is 9.93 Å². The van der Waals surface area contributed by atoms with Gasteiger partial charge in [0.25, 0.3) is 5.91 Å². The molecule has 28 heavy (non-hydrogen) atoms. The van der Waals surface area contributed by atoms with Crippen molar-refractivity contribution in [2.24, 2.45) is 0 Å². The number of nitrogens with zero attached hydrogens (tertiary/aromatic N) is 3. The third kappa shape index (κ3) is 4.04. The summed E-state index contributed by atoms with van der Waals surface area (Å²) in [6.45, 7) is 3.28. The number of nitrogens with one attached hydrogen (secondary N) is 2. The van der Waals surface area contributed by atoms with Gasteiger partial charge in [-0.15, -0.1) is 0 Å². The number of carbonyl (C=O) groups excluding carboxylic acids is 2. The van der Waals surface area contributed by atoms with Gasteiger partial charge in [0.05, 0.1) is 12.2 Å². The number of hydrogen-bond acceptors (Lipinski definition) is 6. The lowest BCUT2D eigenvalue weighted by Gasteiger charge is -2.26. The Morgan fingerprint density at radius 2 is 2.11 bits per heavy atom. The standard InChI is InChI=1S/C19H19N5O3S/c1-12-9-15(23-27-12)17(25)22-18-21-14-7-8-24(11-16(14)28-18)19(26)20-10-13-5-3-2-4-6-13/h2-6,9H,7-8,10-11H2,1H3,(H,20,26)(H,21,22,25). The second-order valence-corrected chi connectivity index (χ2v) is 7.57. The summed E-state index contributed by atoms with van der Waals surface area (Å²) < 4.78 is 4.92. The molecule has 2 aromatic heterocycles. The average Bonchev–Trinajstić information content (AvgIpc) is 3.31. The van der Waals surface area contributed by atoms with Gasteiger partial charge in [0.1, 0.15) is 5.76 Å². The van der Waals surface area contributed by atoms with Crippen LogP contribution >= 0.6 is 11.3 Å². The minimum atomic E-state index is -0.361. The molecule has 0 fully saturated rings. The second-order valence-electron chi connectivity index (χ2n) is 6.48. The minimum Gasteiger partial charge on any atom is -0.361 e. The Labute approximate surface area is 165 Å². The molecule has 0 aliphatic carbocycles. The van der Waals surface area contributed by atoms with Gasteiger partial charge in [-0.3, -0.25) is 10.1 Å². The van der Waals surface area contributed by atoms with Crippen LogP contribution in [0.3, 0.4) is 0 Å². The molecule has 0 saturated carbocycles. The molecule has 3 heterocycles. The average molecular weight is 397 g/mol. The van der Waals surface area contributed by atoms with Gasteiger partial charge >= 0.3 is 6.03 Å². The van der Waals surface area contributed by atoms with Gasteiger partial charge in [0.15, 0.2) is 10.8 Å². The minimum absolute atomic E-state index is 0.105. The van der Waals surface area contributed by atoms with Crippen molar-refractivity contribution in [2.45, 2.75) is 26.4 Å². The molecule has 0 radical (unpaired) electrons. The number of benzene rings is 1. The number of anilines is 1. The number of hydrogen-bond donors (Lipinski definition) is 2. The Balaban J connectivity index is 1.36. The van der Waals surface area contributed by atoms with Gasteiger partial charge in [-0.2, -0.15) is 0 Å². The van der Waals surface area contributed by atoms with E-state index in [1.54, 1.807) is 17.9 Å². The summed E-state index contributed by atoms with van der Waals surface area (Å²) in [6.07, 6.45) is 0.656. The molecule has 3 aromatic rings. The summed E-state index contributed by atoms with van der Waals surface area (Å²) in [6, 6.07) is 11.3. The zero-order chi connectivity index (χ0) is 19.5. The highest BCUT2D eigenvalue weighted by molar-refractivity contribution is 7.15. The number of amides is 3. The first-order valence-electron chi connectivity index (χ1n) is 8.88. The van der Waals surface area contributed by atoms with E-state index in [-0.39, 0.29) is 17.6 Å². The molecule has 1 aliphatic rings. The molecule has 8 nitrogen and oxygen atoms in total. The van der Waals surface area contributed by atoms with E-state index in [1.165, 1.54) is 11.3 Å². The van der Waals surface area contributed by atoms with Crippen LogP contribution in [0, 0.1) is 6.92 Å². The molecule has 0 spiro atoms. The van der Waals surface area contributed by atoms with Crippen LogP contribution < -0.4 is 10.6 Å². The van der Waals surface area contributed by atoms with E-state index >= 15 is 0 Å². The molecule has 0 saturated heterocycles. The van der Waals surface area contributed by atoms with E-state index in [4.69, 9.17) is 4.52 Å². The smallest absolute Gasteiger partial charge is 0.318 e. The Morgan fingerprint density at radius 1 is 1.29 bits per heavy atom. The van der Waals surface area contributed by atoms with Crippen LogP contribution in [0.5, 0.6) is 0 Å². The van der Waals surface area contributed by atoms with E-state index in [0.29, 0.717) is 36.9 Å². The van der Waals surface area contributed by atoms with Crippen molar-refractivity contribution in [3.05, 3.63) is 64.0 Å². The first kappa shape index (κ1) is 18.2. The van der Waals surface area contributed by atoms with Gasteiger partial charge in [-0.25, -0.2) is 9.78 Å². The highest BCUT2D eigenvalue weighted by atomic mass is 32.1. The van der Waals surface area contributed by atoms with Crippen molar-refractivity contribution in [3.8, 4) is 0 Å². The Hall–Kier alpha value is -3.20. The molecule has 1 aromatic carbocycles. The molecule has 0 atom stereocenters. The van der Waals surface area contributed by atoms with Crippen LogP contribution in [-0.2, 0) is 19.5 Å². The zero-order valence-corrected chi connectivity index (χ0v) is 16.1. The largest absolute Gasteiger partial charge is 0.361 e. The van der Waals surface area contributed by atoms with Crippen LogP contribution in [0.1, 0.15) is 32.4 Å². The van der Waals surface area contributed by atoms with E-state index in [1.807, 2.05) is 30.3 Å². The molecule has 0 bridgehead atoms. The monoisotopic (exact) mass is 397 g/mol. The maximum absolute atomic E-state index is 12.5. The van der Waals surface area contributed by atoms with E-state index in [0.717, 1.165) is 16.1 Å². The molecule has 4 rings (SSSR count). The second kappa shape index (κ2) is 7.81. The Morgan fingerprint density at radius 3 is 2.86 bits per heavy atom. The van der Waals surface area contributed by atoms with E-state index in [2.05, 4.69) is 20.8 Å². The van der Waals surface area contributed by atoms with Crippen LogP contribution in [0.25, 0.3) is 0 Å². The van der Waals surface area contributed by atoms with Gasteiger partial charge in [0, 0.05) is 30.5 Å². The number of aromatic nitrogens is 2. The summed E-state index contributed by atoms with van der Waals surface area (Å²) in [5.74, 6) is 0.209. The molecular weight excluding hydrogens is 378 g/mol. The van der Waals surface area contributed by atoms with Crippen LogP contribution in [0.2, 0.25) is 0 Å². The number of thiazole rings is 1. The van der Waals surface area contributed by atoms with Gasteiger partial charge in [-0.05, 0) is 12.5 Å². The lowest BCUT2D eigenvalue weighted by atomic mass is 10.2. The topological polar surface area (TPSA) is 100 Å². The van der Waals surface area contributed by atoms with Crippen LogP contribution in [-0.4, -0.2) is 33.5 Å². The van der Waals surface area contributed by atoms with Gasteiger partial charge < -0.3 is 14.7 Å².